The van der Waals surface area contributed by atoms with E-state index in [0.717, 1.165) is 31.5 Å². The van der Waals surface area contributed by atoms with Crippen LogP contribution in [-0.4, -0.2) is 23.9 Å². The molecule has 3 nitrogen and oxygen atoms in total. The van der Waals surface area contributed by atoms with E-state index < -0.39 is 0 Å². The van der Waals surface area contributed by atoms with E-state index in [2.05, 4.69) is 49.8 Å². The summed E-state index contributed by atoms with van der Waals surface area (Å²) in [7, 11) is 2.08. The Kier molecular flexibility index (Phi) is 3.93. The van der Waals surface area contributed by atoms with Gasteiger partial charge in [-0.3, -0.25) is 4.79 Å². The zero-order valence-electron chi connectivity index (χ0n) is 12.4. The summed E-state index contributed by atoms with van der Waals surface area (Å²) in [5.41, 5.74) is 1.39. The van der Waals surface area contributed by atoms with Crippen LogP contribution in [0.4, 0.5) is 5.82 Å². The largest absolute Gasteiger partial charge is 0.357 e. The summed E-state index contributed by atoms with van der Waals surface area (Å²) < 4.78 is 0. The van der Waals surface area contributed by atoms with Crippen molar-refractivity contribution in [1.29, 1.82) is 0 Å². The number of carbonyl (C=O) groups is 1. The van der Waals surface area contributed by atoms with E-state index >= 15 is 0 Å². The van der Waals surface area contributed by atoms with Crippen LogP contribution in [0.1, 0.15) is 52.0 Å². The third kappa shape index (κ3) is 3.34. The second-order valence-electron chi connectivity index (χ2n) is 6.54. The van der Waals surface area contributed by atoms with Gasteiger partial charge in [0.1, 0.15) is 11.6 Å². The van der Waals surface area contributed by atoms with Gasteiger partial charge in [-0.2, -0.15) is 0 Å². The highest BCUT2D eigenvalue weighted by Crippen LogP contribution is 2.26. The van der Waals surface area contributed by atoms with Gasteiger partial charge in [-0.1, -0.05) is 26.8 Å². The number of carbonyl (C=O) groups excluding carboxylic acids is 1. The van der Waals surface area contributed by atoms with Crippen LogP contribution in [0.25, 0.3) is 0 Å². The van der Waals surface area contributed by atoms with E-state index in [1.54, 1.807) is 0 Å². The van der Waals surface area contributed by atoms with E-state index in [1.807, 2.05) is 6.20 Å². The van der Waals surface area contributed by atoms with Crippen LogP contribution in [0.5, 0.6) is 0 Å². The molecule has 104 valence electrons. The van der Waals surface area contributed by atoms with Crippen molar-refractivity contribution in [2.75, 3.05) is 11.9 Å². The minimum absolute atomic E-state index is 0.140. The zero-order valence-corrected chi connectivity index (χ0v) is 12.4. The molecule has 0 saturated heterocycles. The van der Waals surface area contributed by atoms with Gasteiger partial charge in [0.25, 0.3) is 0 Å². The number of ketones is 1. The Balaban J connectivity index is 2.07. The van der Waals surface area contributed by atoms with Crippen molar-refractivity contribution >= 4 is 11.6 Å². The highest BCUT2D eigenvalue weighted by atomic mass is 16.1. The van der Waals surface area contributed by atoms with Crippen LogP contribution in [0.3, 0.4) is 0 Å². The maximum Gasteiger partial charge on any atom is 0.133 e. The molecule has 1 fully saturated rings. The lowest BCUT2D eigenvalue weighted by Gasteiger charge is -2.32. The SMILES string of the molecule is CN(c1ccc(C(C)(C)C)cn1)C1CCC(=O)CC1. The molecule has 0 N–H and O–H groups in total. The molecule has 3 heteroatoms. The first-order valence-corrected chi connectivity index (χ1v) is 7.09. The standard InChI is InChI=1S/C16H24N2O/c1-16(2,3)12-5-10-15(17-11-12)18(4)13-6-8-14(19)9-7-13/h5,10-11,13H,6-9H2,1-4H3. The Morgan fingerprint density at radius 3 is 2.32 bits per heavy atom. The number of anilines is 1. The highest BCUT2D eigenvalue weighted by Gasteiger charge is 2.23. The molecule has 1 heterocycles. The minimum Gasteiger partial charge on any atom is -0.357 e. The Morgan fingerprint density at radius 1 is 1.21 bits per heavy atom. The third-order valence-corrected chi connectivity index (χ3v) is 4.04. The molecule has 1 aromatic heterocycles. The average molecular weight is 260 g/mol. The van der Waals surface area contributed by atoms with Crippen molar-refractivity contribution in [3.05, 3.63) is 23.9 Å². The number of Topliss-reactive ketones (excluding diaryl/α,β-unsaturated/α-hetero) is 1. The number of nitrogens with zero attached hydrogens (tertiary/aromatic N) is 2. The first kappa shape index (κ1) is 14.0. The van der Waals surface area contributed by atoms with Gasteiger partial charge in [0.2, 0.25) is 0 Å². The Bertz CT molecular complexity index is 435. The molecule has 0 bridgehead atoms. The van der Waals surface area contributed by atoms with Crippen LogP contribution in [0.2, 0.25) is 0 Å². The second-order valence-corrected chi connectivity index (χ2v) is 6.54. The van der Waals surface area contributed by atoms with Gasteiger partial charge < -0.3 is 4.90 Å². The average Bonchev–Trinajstić information content (AvgIpc) is 2.38. The Hall–Kier alpha value is -1.38. The summed E-state index contributed by atoms with van der Waals surface area (Å²) in [5, 5.41) is 0. The van der Waals surface area contributed by atoms with Crippen LogP contribution < -0.4 is 4.90 Å². The third-order valence-electron chi connectivity index (χ3n) is 4.04. The first-order chi connectivity index (χ1) is 8.88. The number of pyridine rings is 1. The Morgan fingerprint density at radius 2 is 1.84 bits per heavy atom. The van der Waals surface area contributed by atoms with E-state index in [9.17, 15) is 4.79 Å². The van der Waals surface area contributed by atoms with E-state index in [-0.39, 0.29) is 5.41 Å². The summed E-state index contributed by atoms with van der Waals surface area (Å²) in [6.07, 6.45) is 5.32. The molecule has 1 saturated carbocycles. The molecule has 0 aliphatic heterocycles. The normalized spacial score (nSPS) is 17.6. The molecule has 1 aliphatic rings. The molecule has 0 aromatic carbocycles. The summed E-state index contributed by atoms with van der Waals surface area (Å²) in [6, 6.07) is 4.70. The Labute approximate surface area is 116 Å². The molecule has 0 atom stereocenters. The number of aromatic nitrogens is 1. The predicted molar refractivity (Wildman–Crippen MR) is 78.6 cm³/mol. The molecule has 2 rings (SSSR count). The van der Waals surface area contributed by atoms with Crippen molar-refractivity contribution in [2.24, 2.45) is 0 Å². The summed E-state index contributed by atoms with van der Waals surface area (Å²) >= 11 is 0. The second kappa shape index (κ2) is 5.32. The maximum absolute atomic E-state index is 11.3. The quantitative estimate of drug-likeness (QED) is 0.817. The summed E-state index contributed by atoms with van der Waals surface area (Å²) in [5.74, 6) is 1.41. The molecular formula is C16H24N2O. The first-order valence-electron chi connectivity index (χ1n) is 7.09. The van der Waals surface area contributed by atoms with E-state index in [4.69, 9.17) is 0 Å². The number of hydrogen-bond donors (Lipinski definition) is 0. The maximum atomic E-state index is 11.3. The van der Waals surface area contributed by atoms with Crippen molar-refractivity contribution in [3.63, 3.8) is 0 Å². The lowest BCUT2D eigenvalue weighted by molar-refractivity contribution is -0.120. The molecule has 1 aliphatic carbocycles. The topological polar surface area (TPSA) is 33.2 Å². The van der Waals surface area contributed by atoms with Crippen molar-refractivity contribution in [3.8, 4) is 0 Å². The minimum atomic E-state index is 0.140. The van der Waals surface area contributed by atoms with Crippen LogP contribution in [0.15, 0.2) is 18.3 Å². The molecule has 0 spiro atoms. The smallest absolute Gasteiger partial charge is 0.133 e. The van der Waals surface area contributed by atoms with E-state index in [1.165, 1.54) is 5.56 Å². The van der Waals surface area contributed by atoms with Crippen LogP contribution in [0, 0.1) is 0 Å². The summed E-state index contributed by atoms with van der Waals surface area (Å²) in [4.78, 5) is 18.1. The van der Waals surface area contributed by atoms with Gasteiger partial charge in [0, 0.05) is 32.1 Å². The van der Waals surface area contributed by atoms with Crippen molar-refractivity contribution in [1.82, 2.24) is 4.98 Å². The molecular weight excluding hydrogens is 236 g/mol. The number of rotatable bonds is 2. The monoisotopic (exact) mass is 260 g/mol. The fraction of sp³-hybridized carbons (Fsp3) is 0.625. The van der Waals surface area contributed by atoms with Crippen molar-refractivity contribution < 1.29 is 4.79 Å². The molecule has 0 amide bonds. The molecule has 0 unspecified atom stereocenters. The van der Waals surface area contributed by atoms with Gasteiger partial charge >= 0.3 is 0 Å². The fourth-order valence-electron chi connectivity index (χ4n) is 2.54. The predicted octanol–water partition coefficient (Wildman–Crippen LogP) is 3.33. The fourth-order valence-corrected chi connectivity index (χ4v) is 2.54. The lowest BCUT2D eigenvalue weighted by atomic mass is 9.88. The van der Waals surface area contributed by atoms with Gasteiger partial charge in [-0.15, -0.1) is 0 Å². The van der Waals surface area contributed by atoms with Gasteiger partial charge in [-0.05, 0) is 29.9 Å². The number of hydrogen-bond acceptors (Lipinski definition) is 3. The molecule has 1 aromatic rings. The van der Waals surface area contributed by atoms with Gasteiger partial charge in [0.15, 0.2) is 0 Å². The molecule has 0 radical (unpaired) electrons. The summed E-state index contributed by atoms with van der Waals surface area (Å²) in [6.45, 7) is 6.58. The van der Waals surface area contributed by atoms with Crippen LogP contribution in [-0.2, 0) is 10.2 Å². The lowest BCUT2D eigenvalue weighted by Crippen LogP contribution is -2.35. The van der Waals surface area contributed by atoms with Crippen molar-refractivity contribution in [2.45, 2.75) is 57.9 Å². The zero-order chi connectivity index (χ0) is 14.0. The highest BCUT2D eigenvalue weighted by molar-refractivity contribution is 5.79. The van der Waals surface area contributed by atoms with Gasteiger partial charge in [-0.25, -0.2) is 4.98 Å². The van der Waals surface area contributed by atoms with Crippen LogP contribution >= 0.6 is 0 Å². The van der Waals surface area contributed by atoms with Gasteiger partial charge in [0.05, 0.1) is 0 Å². The van der Waals surface area contributed by atoms with E-state index in [0.29, 0.717) is 11.8 Å². The molecule has 19 heavy (non-hydrogen) atoms.